The molecule has 0 fully saturated rings. The van der Waals surface area contributed by atoms with Gasteiger partial charge in [-0.05, 0) is 44.0 Å². The van der Waals surface area contributed by atoms with Gasteiger partial charge in [0.05, 0.1) is 0 Å². The fourth-order valence-electron chi connectivity index (χ4n) is 1.19. The van der Waals surface area contributed by atoms with E-state index >= 15 is 0 Å². The van der Waals surface area contributed by atoms with Gasteiger partial charge in [-0.1, -0.05) is 23.8 Å². The van der Waals surface area contributed by atoms with Crippen molar-refractivity contribution in [3.8, 4) is 5.75 Å². The summed E-state index contributed by atoms with van der Waals surface area (Å²) in [6.07, 6.45) is 4.88. The summed E-state index contributed by atoms with van der Waals surface area (Å²) in [4.78, 5) is 0. The van der Waals surface area contributed by atoms with Gasteiger partial charge in [0, 0.05) is 0 Å². The van der Waals surface area contributed by atoms with Gasteiger partial charge in [0.2, 0.25) is 0 Å². The first-order valence-electron chi connectivity index (χ1n) is 5.18. The van der Waals surface area contributed by atoms with Gasteiger partial charge >= 0.3 is 0 Å². The summed E-state index contributed by atoms with van der Waals surface area (Å²) in [5, 5.41) is 0. The van der Waals surface area contributed by atoms with E-state index in [9.17, 15) is 0 Å². The molecule has 0 heterocycles. The maximum Gasteiger partial charge on any atom is 0.119 e. The number of rotatable bonds is 5. The van der Waals surface area contributed by atoms with E-state index in [2.05, 4.69) is 38.6 Å². The predicted molar refractivity (Wildman–Crippen MR) is 65.3 cm³/mol. The Bertz CT molecular complexity index is 329. The highest BCUT2D eigenvalue weighted by Crippen LogP contribution is 2.12. The van der Waals surface area contributed by atoms with Crippen LogP contribution in [-0.2, 0) is 6.42 Å². The molecule has 1 nitrogen and oxygen atoms in total. The van der Waals surface area contributed by atoms with Crippen molar-refractivity contribution in [2.45, 2.75) is 20.3 Å². The summed E-state index contributed by atoms with van der Waals surface area (Å²) in [5.74, 6) is 0.917. The molecular weight excluding hydrogens is 184 g/mol. The second-order valence-electron chi connectivity index (χ2n) is 3.73. The van der Waals surface area contributed by atoms with E-state index in [-0.39, 0.29) is 0 Å². The minimum Gasteiger partial charge on any atom is -0.490 e. The molecule has 80 valence electrons. The van der Waals surface area contributed by atoms with Gasteiger partial charge in [-0.2, -0.15) is 0 Å². The molecule has 1 heteroatoms. The van der Waals surface area contributed by atoms with E-state index in [1.165, 1.54) is 11.1 Å². The van der Waals surface area contributed by atoms with E-state index in [1.807, 2.05) is 18.2 Å². The van der Waals surface area contributed by atoms with Crippen LogP contribution in [0.5, 0.6) is 5.75 Å². The fourth-order valence-corrected chi connectivity index (χ4v) is 1.19. The summed E-state index contributed by atoms with van der Waals surface area (Å²) in [6.45, 7) is 8.48. The summed E-state index contributed by atoms with van der Waals surface area (Å²) < 4.78 is 5.55. The van der Waals surface area contributed by atoms with Crippen molar-refractivity contribution < 1.29 is 4.74 Å². The van der Waals surface area contributed by atoms with Crippen molar-refractivity contribution in [1.29, 1.82) is 0 Å². The van der Waals surface area contributed by atoms with Gasteiger partial charge in [-0.15, -0.1) is 6.58 Å². The fraction of sp³-hybridized carbons (Fsp3) is 0.286. The van der Waals surface area contributed by atoms with Gasteiger partial charge in [0.1, 0.15) is 12.4 Å². The Morgan fingerprint density at radius 2 is 1.93 bits per heavy atom. The van der Waals surface area contributed by atoms with Crippen molar-refractivity contribution in [3.63, 3.8) is 0 Å². The van der Waals surface area contributed by atoms with E-state index in [1.54, 1.807) is 0 Å². The maximum atomic E-state index is 5.55. The molecule has 1 aromatic rings. The molecule has 0 spiro atoms. The molecule has 1 aromatic carbocycles. The standard InChI is InChI=1S/C14H18O/c1-4-5-13-6-8-14(9-7-13)15-11-10-12(2)3/h4,6-10H,1,5,11H2,2-3H3. The third-order valence-electron chi connectivity index (χ3n) is 2.04. The van der Waals surface area contributed by atoms with Gasteiger partial charge in [-0.3, -0.25) is 0 Å². The lowest BCUT2D eigenvalue weighted by Gasteiger charge is -2.04. The maximum absolute atomic E-state index is 5.55. The zero-order valence-electron chi connectivity index (χ0n) is 9.49. The molecular formula is C14H18O. The Hall–Kier alpha value is -1.50. The lowest BCUT2D eigenvalue weighted by molar-refractivity contribution is 0.362. The molecule has 0 aromatic heterocycles. The molecule has 0 aliphatic heterocycles. The van der Waals surface area contributed by atoms with E-state index in [4.69, 9.17) is 4.74 Å². The van der Waals surface area contributed by atoms with Crippen LogP contribution in [0.25, 0.3) is 0 Å². The van der Waals surface area contributed by atoms with Crippen molar-refractivity contribution in [2.24, 2.45) is 0 Å². The highest BCUT2D eigenvalue weighted by molar-refractivity contribution is 5.28. The lowest BCUT2D eigenvalue weighted by atomic mass is 10.1. The first-order valence-corrected chi connectivity index (χ1v) is 5.18. The smallest absolute Gasteiger partial charge is 0.119 e. The number of allylic oxidation sites excluding steroid dienone is 2. The SMILES string of the molecule is C=CCc1ccc(OCC=C(C)C)cc1. The van der Waals surface area contributed by atoms with Gasteiger partial charge in [0.15, 0.2) is 0 Å². The average Bonchev–Trinajstić information content (AvgIpc) is 2.20. The zero-order chi connectivity index (χ0) is 11.1. The summed E-state index contributed by atoms with van der Waals surface area (Å²) in [6, 6.07) is 8.13. The van der Waals surface area contributed by atoms with Crippen molar-refractivity contribution in [2.75, 3.05) is 6.61 Å². The first kappa shape index (κ1) is 11.6. The van der Waals surface area contributed by atoms with Crippen LogP contribution in [-0.4, -0.2) is 6.61 Å². The number of ether oxygens (including phenoxy) is 1. The Labute approximate surface area is 92.1 Å². The highest BCUT2D eigenvalue weighted by Gasteiger charge is 1.92. The summed E-state index contributed by atoms with van der Waals surface area (Å²) in [7, 11) is 0. The van der Waals surface area contributed by atoms with Crippen LogP contribution in [0.15, 0.2) is 48.6 Å². The monoisotopic (exact) mass is 202 g/mol. The largest absolute Gasteiger partial charge is 0.490 e. The Morgan fingerprint density at radius 1 is 1.27 bits per heavy atom. The van der Waals surface area contributed by atoms with Gasteiger partial charge < -0.3 is 4.74 Å². The Kier molecular flexibility index (Phi) is 4.69. The Balaban J connectivity index is 2.49. The van der Waals surface area contributed by atoms with Crippen LogP contribution in [0, 0.1) is 0 Å². The quantitative estimate of drug-likeness (QED) is 0.660. The number of hydrogen-bond donors (Lipinski definition) is 0. The zero-order valence-corrected chi connectivity index (χ0v) is 9.49. The number of hydrogen-bond acceptors (Lipinski definition) is 1. The summed E-state index contributed by atoms with van der Waals surface area (Å²) in [5.41, 5.74) is 2.54. The molecule has 0 radical (unpaired) electrons. The lowest BCUT2D eigenvalue weighted by Crippen LogP contribution is -1.94. The first-order chi connectivity index (χ1) is 7.22. The molecule has 0 saturated heterocycles. The molecule has 0 unspecified atom stereocenters. The molecule has 0 aliphatic rings. The van der Waals surface area contributed by atoms with Crippen LogP contribution in [0.3, 0.4) is 0 Å². The van der Waals surface area contributed by atoms with Crippen LogP contribution in [0.4, 0.5) is 0 Å². The second-order valence-corrected chi connectivity index (χ2v) is 3.73. The van der Waals surface area contributed by atoms with Crippen molar-refractivity contribution >= 4 is 0 Å². The molecule has 0 N–H and O–H groups in total. The van der Waals surface area contributed by atoms with E-state index < -0.39 is 0 Å². The minimum absolute atomic E-state index is 0.642. The molecule has 0 amide bonds. The van der Waals surface area contributed by atoms with E-state index in [0.717, 1.165) is 12.2 Å². The average molecular weight is 202 g/mol. The van der Waals surface area contributed by atoms with Crippen LogP contribution >= 0.6 is 0 Å². The molecule has 0 aliphatic carbocycles. The van der Waals surface area contributed by atoms with Crippen LogP contribution < -0.4 is 4.74 Å². The van der Waals surface area contributed by atoms with Gasteiger partial charge in [0.25, 0.3) is 0 Å². The second kappa shape index (κ2) is 6.07. The molecule has 0 atom stereocenters. The number of benzene rings is 1. The topological polar surface area (TPSA) is 9.23 Å². The van der Waals surface area contributed by atoms with E-state index in [0.29, 0.717) is 6.61 Å². The Morgan fingerprint density at radius 3 is 2.47 bits per heavy atom. The predicted octanol–water partition coefficient (Wildman–Crippen LogP) is 3.76. The molecule has 0 saturated carbocycles. The van der Waals surface area contributed by atoms with Crippen LogP contribution in [0.1, 0.15) is 19.4 Å². The minimum atomic E-state index is 0.642. The molecule has 0 bridgehead atoms. The third kappa shape index (κ3) is 4.50. The third-order valence-corrected chi connectivity index (χ3v) is 2.04. The van der Waals surface area contributed by atoms with Crippen molar-refractivity contribution in [1.82, 2.24) is 0 Å². The highest BCUT2D eigenvalue weighted by atomic mass is 16.5. The van der Waals surface area contributed by atoms with Crippen molar-refractivity contribution in [3.05, 3.63) is 54.1 Å². The normalized spacial score (nSPS) is 9.47. The van der Waals surface area contributed by atoms with Crippen LogP contribution in [0.2, 0.25) is 0 Å². The summed E-state index contributed by atoms with van der Waals surface area (Å²) >= 11 is 0. The van der Waals surface area contributed by atoms with Gasteiger partial charge in [-0.25, -0.2) is 0 Å². The molecule has 1 rings (SSSR count). The molecule has 15 heavy (non-hydrogen) atoms.